The summed E-state index contributed by atoms with van der Waals surface area (Å²) in [6.45, 7) is 6.13. The quantitative estimate of drug-likeness (QED) is 0.370. The molecule has 1 amide bonds. The number of aromatic nitrogens is 3. The molecule has 1 fully saturated rings. The summed E-state index contributed by atoms with van der Waals surface area (Å²) in [5.41, 5.74) is 3.15. The van der Waals surface area contributed by atoms with Crippen LogP contribution in [0.4, 0.5) is 0 Å². The number of carbonyl (C=O) groups is 1. The van der Waals surface area contributed by atoms with Gasteiger partial charge in [0.05, 0.1) is 6.54 Å². The van der Waals surface area contributed by atoms with Crippen LogP contribution >= 0.6 is 0 Å². The van der Waals surface area contributed by atoms with Crippen molar-refractivity contribution in [3.63, 3.8) is 0 Å². The van der Waals surface area contributed by atoms with Crippen molar-refractivity contribution in [2.75, 3.05) is 32.7 Å². The molecule has 0 radical (unpaired) electrons. The van der Waals surface area contributed by atoms with E-state index in [1.165, 1.54) is 5.56 Å². The van der Waals surface area contributed by atoms with Crippen molar-refractivity contribution in [1.29, 1.82) is 0 Å². The van der Waals surface area contributed by atoms with Crippen LogP contribution in [-0.4, -0.2) is 63.1 Å². The molecule has 37 heavy (non-hydrogen) atoms. The molecule has 0 unspecified atom stereocenters. The number of benzene rings is 2. The normalized spacial score (nSPS) is 14.1. The van der Waals surface area contributed by atoms with Crippen molar-refractivity contribution >= 4 is 5.91 Å². The monoisotopic (exact) mass is 497 g/mol. The molecular weight excluding hydrogens is 466 g/mol. The molecule has 5 rings (SSSR count). The van der Waals surface area contributed by atoms with Crippen LogP contribution in [0.3, 0.4) is 0 Å². The molecule has 4 aromatic rings. The van der Waals surface area contributed by atoms with Gasteiger partial charge in [-0.25, -0.2) is 0 Å². The zero-order valence-electron chi connectivity index (χ0n) is 21.0. The van der Waals surface area contributed by atoms with Crippen LogP contribution in [0, 0.1) is 6.92 Å². The van der Waals surface area contributed by atoms with Gasteiger partial charge in [0, 0.05) is 44.4 Å². The number of piperazine rings is 1. The zero-order valence-corrected chi connectivity index (χ0v) is 21.0. The molecule has 1 saturated heterocycles. The number of carbonyl (C=O) groups excluding carboxylic acids is 1. The summed E-state index contributed by atoms with van der Waals surface area (Å²) >= 11 is 0. The number of nitrogens with zero attached hydrogens (tertiary/aromatic N) is 5. The van der Waals surface area contributed by atoms with Gasteiger partial charge < -0.3 is 14.0 Å². The summed E-state index contributed by atoms with van der Waals surface area (Å²) in [5, 5.41) is 4.11. The molecular formula is C29H31N5O3. The number of rotatable bonds is 8. The first-order valence-corrected chi connectivity index (χ1v) is 12.7. The van der Waals surface area contributed by atoms with Crippen LogP contribution in [-0.2, 0) is 13.0 Å². The van der Waals surface area contributed by atoms with Gasteiger partial charge in [0.2, 0.25) is 11.7 Å². The van der Waals surface area contributed by atoms with E-state index in [9.17, 15) is 9.59 Å². The van der Waals surface area contributed by atoms with E-state index in [4.69, 9.17) is 4.52 Å². The van der Waals surface area contributed by atoms with Crippen molar-refractivity contribution in [2.45, 2.75) is 26.3 Å². The average Bonchev–Trinajstić information content (AvgIpc) is 3.40. The minimum Gasteiger partial charge on any atom is -0.339 e. The molecule has 2 aromatic heterocycles. The number of hydrogen-bond acceptors (Lipinski definition) is 6. The Morgan fingerprint density at radius 3 is 2.46 bits per heavy atom. The third kappa shape index (κ3) is 6.03. The van der Waals surface area contributed by atoms with E-state index in [2.05, 4.69) is 15.0 Å². The Hall–Kier alpha value is -4.04. The number of hydrogen-bond donors (Lipinski definition) is 0. The second-order valence-electron chi connectivity index (χ2n) is 9.46. The summed E-state index contributed by atoms with van der Waals surface area (Å²) < 4.78 is 7.03. The van der Waals surface area contributed by atoms with Crippen molar-refractivity contribution in [3.8, 4) is 11.4 Å². The predicted molar refractivity (Wildman–Crippen MR) is 141 cm³/mol. The van der Waals surface area contributed by atoms with E-state index in [-0.39, 0.29) is 17.0 Å². The summed E-state index contributed by atoms with van der Waals surface area (Å²) in [5.74, 6) is 1.06. The Kier molecular flexibility index (Phi) is 7.56. The molecule has 0 aliphatic carbocycles. The standard InChI is InChI=1S/C29H31N5O3/c1-22-11-13-24(14-12-22)27-30-26(37-31-27)10-6-15-32-17-19-33(20-18-32)28(35)25-9-5-16-34(29(25)36)21-23-7-3-2-4-8-23/h2-5,7-9,11-14,16H,6,10,15,17-21H2,1H3. The summed E-state index contributed by atoms with van der Waals surface area (Å²) in [7, 11) is 0. The Labute approximate surface area is 216 Å². The Morgan fingerprint density at radius 1 is 0.946 bits per heavy atom. The van der Waals surface area contributed by atoms with Crippen molar-refractivity contribution < 1.29 is 9.32 Å². The highest BCUT2D eigenvalue weighted by Crippen LogP contribution is 2.17. The third-order valence-corrected chi connectivity index (χ3v) is 6.75. The second-order valence-corrected chi connectivity index (χ2v) is 9.46. The number of amides is 1. The van der Waals surface area contributed by atoms with E-state index >= 15 is 0 Å². The fraction of sp³-hybridized carbons (Fsp3) is 0.310. The molecule has 1 aliphatic rings. The van der Waals surface area contributed by atoms with Crippen LogP contribution in [0.2, 0.25) is 0 Å². The molecule has 0 spiro atoms. The lowest BCUT2D eigenvalue weighted by atomic mass is 10.1. The predicted octanol–water partition coefficient (Wildman–Crippen LogP) is 3.65. The van der Waals surface area contributed by atoms with Crippen LogP contribution in [0.1, 0.15) is 33.8 Å². The van der Waals surface area contributed by atoms with Gasteiger partial charge in [0.1, 0.15) is 5.56 Å². The van der Waals surface area contributed by atoms with Gasteiger partial charge in [0.15, 0.2) is 0 Å². The first kappa shape index (κ1) is 24.6. The van der Waals surface area contributed by atoms with Crippen LogP contribution in [0.5, 0.6) is 0 Å². The van der Waals surface area contributed by atoms with Gasteiger partial charge in [-0.1, -0.05) is 65.3 Å². The lowest BCUT2D eigenvalue weighted by Gasteiger charge is -2.34. The maximum atomic E-state index is 13.1. The molecule has 8 nitrogen and oxygen atoms in total. The Morgan fingerprint density at radius 2 is 1.70 bits per heavy atom. The molecule has 2 aromatic carbocycles. The van der Waals surface area contributed by atoms with E-state index in [0.29, 0.717) is 37.8 Å². The lowest BCUT2D eigenvalue weighted by molar-refractivity contribution is 0.0633. The topological polar surface area (TPSA) is 84.5 Å². The molecule has 190 valence electrons. The minimum atomic E-state index is -0.247. The van der Waals surface area contributed by atoms with E-state index < -0.39 is 0 Å². The van der Waals surface area contributed by atoms with Gasteiger partial charge in [-0.05, 0) is 37.6 Å². The third-order valence-electron chi connectivity index (χ3n) is 6.75. The fourth-order valence-corrected chi connectivity index (χ4v) is 4.58. The smallest absolute Gasteiger partial charge is 0.263 e. The fourth-order valence-electron chi connectivity index (χ4n) is 4.58. The highest BCUT2D eigenvalue weighted by Gasteiger charge is 2.24. The SMILES string of the molecule is Cc1ccc(-c2noc(CCCN3CCN(C(=O)c4cccn(Cc5ccccc5)c4=O)CC3)n2)cc1. The van der Waals surface area contributed by atoms with Crippen molar-refractivity contribution in [2.24, 2.45) is 0 Å². The second kappa shape index (κ2) is 11.3. The van der Waals surface area contributed by atoms with E-state index in [1.54, 1.807) is 27.8 Å². The molecule has 1 aliphatic heterocycles. The maximum Gasteiger partial charge on any atom is 0.263 e. The zero-order chi connectivity index (χ0) is 25.6. The van der Waals surface area contributed by atoms with Gasteiger partial charge >= 0.3 is 0 Å². The van der Waals surface area contributed by atoms with Crippen LogP contribution in [0.15, 0.2) is 82.2 Å². The molecule has 0 bridgehead atoms. The van der Waals surface area contributed by atoms with Crippen LogP contribution < -0.4 is 5.56 Å². The minimum absolute atomic E-state index is 0.193. The van der Waals surface area contributed by atoms with Gasteiger partial charge in [-0.2, -0.15) is 4.98 Å². The first-order valence-electron chi connectivity index (χ1n) is 12.7. The van der Waals surface area contributed by atoms with Crippen molar-refractivity contribution in [3.05, 3.63) is 106 Å². The summed E-state index contributed by atoms with van der Waals surface area (Å²) in [4.78, 5) is 34.8. The lowest BCUT2D eigenvalue weighted by Crippen LogP contribution is -2.50. The maximum absolute atomic E-state index is 13.1. The molecule has 0 atom stereocenters. The molecule has 8 heteroatoms. The van der Waals surface area contributed by atoms with Gasteiger partial charge in [0.25, 0.3) is 11.5 Å². The van der Waals surface area contributed by atoms with Crippen molar-refractivity contribution in [1.82, 2.24) is 24.5 Å². The van der Waals surface area contributed by atoms with E-state index in [1.807, 2.05) is 61.5 Å². The highest BCUT2D eigenvalue weighted by molar-refractivity contribution is 5.93. The van der Waals surface area contributed by atoms with Crippen LogP contribution in [0.25, 0.3) is 11.4 Å². The van der Waals surface area contributed by atoms with Gasteiger partial charge in [-0.15, -0.1) is 0 Å². The van der Waals surface area contributed by atoms with E-state index in [0.717, 1.165) is 37.2 Å². The largest absolute Gasteiger partial charge is 0.339 e. The first-order chi connectivity index (χ1) is 18.1. The molecule has 0 saturated carbocycles. The van der Waals surface area contributed by atoms with Gasteiger partial charge in [-0.3, -0.25) is 14.5 Å². The Balaban J connectivity index is 1.10. The summed E-state index contributed by atoms with van der Waals surface area (Å²) in [6, 6.07) is 21.3. The summed E-state index contributed by atoms with van der Waals surface area (Å²) in [6.07, 6.45) is 3.34. The average molecular weight is 498 g/mol. The number of aryl methyl sites for hydroxylation is 2. The number of pyridine rings is 1. The molecule has 0 N–H and O–H groups in total. The molecule has 3 heterocycles. The Bertz CT molecular complexity index is 1390. The highest BCUT2D eigenvalue weighted by atomic mass is 16.5.